The van der Waals surface area contributed by atoms with Gasteiger partial charge >= 0.3 is 5.97 Å². The highest BCUT2D eigenvalue weighted by Crippen LogP contribution is 2.21. The van der Waals surface area contributed by atoms with Crippen LogP contribution in [0.15, 0.2) is 18.2 Å². The minimum Gasteiger partial charge on any atom is -0.477 e. The largest absolute Gasteiger partial charge is 0.477 e. The third-order valence-electron chi connectivity index (χ3n) is 2.41. The summed E-state index contributed by atoms with van der Waals surface area (Å²) in [6.45, 7) is 0.990. The van der Waals surface area contributed by atoms with E-state index in [9.17, 15) is 4.79 Å². The second-order valence-corrected chi connectivity index (χ2v) is 3.40. The summed E-state index contributed by atoms with van der Waals surface area (Å²) in [7, 11) is 0. The molecule has 1 fully saturated rings. The molecular formula is C10H12N2O2. The lowest BCUT2D eigenvalue weighted by molar-refractivity contribution is 0.0690. The van der Waals surface area contributed by atoms with Gasteiger partial charge in [0.2, 0.25) is 0 Å². The van der Waals surface area contributed by atoms with Crippen LogP contribution in [0.25, 0.3) is 0 Å². The number of aromatic carboxylic acids is 1. The van der Waals surface area contributed by atoms with Crippen molar-refractivity contribution in [3.63, 3.8) is 0 Å². The lowest BCUT2D eigenvalue weighted by Gasteiger charge is -2.09. The molecule has 4 heteroatoms. The summed E-state index contributed by atoms with van der Waals surface area (Å²) in [5.74, 6) is -0.968. The number of nitrogens with one attached hydrogen (secondary N) is 1. The van der Waals surface area contributed by atoms with Crippen LogP contribution in [-0.4, -0.2) is 22.6 Å². The van der Waals surface area contributed by atoms with Crippen LogP contribution in [0.4, 0.5) is 0 Å². The summed E-state index contributed by atoms with van der Waals surface area (Å²) in [4.78, 5) is 14.8. The Morgan fingerprint density at radius 2 is 2.43 bits per heavy atom. The van der Waals surface area contributed by atoms with E-state index in [1.165, 1.54) is 6.07 Å². The van der Waals surface area contributed by atoms with E-state index in [2.05, 4.69) is 10.3 Å². The quantitative estimate of drug-likeness (QED) is 0.739. The molecule has 2 N–H and O–H groups in total. The lowest BCUT2D eigenvalue weighted by Crippen LogP contribution is -2.15. The van der Waals surface area contributed by atoms with Crippen molar-refractivity contribution >= 4 is 5.97 Å². The predicted molar refractivity (Wildman–Crippen MR) is 51.2 cm³/mol. The maximum atomic E-state index is 10.7. The Bertz CT molecular complexity index is 346. The Kier molecular flexibility index (Phi) is 2.45. The molecule has 0 spiro atoms. The second kappa shape index (κ2) is 3.75. The standard InChI is InChI=1S/C10H12N2O2/c13-10(14)9-4-1-3-8(12-9)7-5-2-6-11-7/h1,3-4,7,11H,2,5-6H2,(H,13,14). The fraction of sp³-hybridized carbons (Fsp3) is 0.400. The van der Waals surface area contributed by atoms with Crippen LogP contribution in [-0.2, 0) is 0 Å². The van der Waals surface area contributed by atoms with E-state index in [4.69, 9.17) is 5.11 Å². The molecule has 0 saturated carbocycles. The number of carboxylic acid groups (broad SMARTS) is 1. The van der Waals surface area contributed by atoms with Crippen molar-refractivity contribution in [2.75, 3.05) is 6.54 Å². The van der Waals surface area contributed by atoms with E-state index in [-0.39, 0.29) is 11.7 Å². The number of rotatable bonds is 2. The molecule has 2 rings (SSSR count). The Labute approximate surface area is 82.0 Å². The number of pyridine rings is 1. The van der Waals surface area contributed by atoms with Gasteiger partial charge in [0, 0.05) is 6.04 Å². The number of hydrogen-bond donors (Lipinski definition) is 2. The van der Waals surface area contributed by atoms with Gasteiger partial charge in [-0.3, -0.25) is 0 Å². The first kappa shape index (κ1) is 9.15. The van der Waals surface area contributed by atoms with Crippen LogP contribution in [0, 0.1) is 0 Å². The SMILES string of the molecule is O=C(O)c1cccc(C2CCCN2)n1. The third-order valence-corrected chi connectivity index (χ3v) is 2.41. The Morgan fingerprint density at radius 3 is 3.07 bits per heavy atom. The molecule has 1 saturated heterocycles. The predicted octanol–water partition coefficient (Wildman–Crippen LogP) is 1.20. The van der Waals surface area contributed by atoms with Gasteiger partial charge < -0.3 is 10.4 Å². The summed E-state index contributed by atoms with van der Waals surface area (Å²) in [5, 5.41) is 12.1. The Morgan fingerprint density at radius 1 is 1.57 bits per heavy atom. The fourth-order valence-electron chi connectivity index (χ4n) is 1.70. The fourth-order valence-corrected chi connectivity index (χ4v) is 1.70. The highest BCUT2D eigenvalue weighted by atomic mass is 16.4. The minimum atomic E-state index is -0.968. The van der Waals surface area contributed by atoms with E-state index < -0.39 is 5.97 Å². The van der Waals surface area contributed by atoms with Gasteiger partial charge in [0.1, 0.15) is 5.69 Å². The molecule has 1 unspecified atom stereocenters. The maximum absolute atomic E-state index is 10.7. The number of aromatic nitrogens is 1. The van der Waals surface area contributed by atoms with Crippen LogP contribution in [0.2, 0.25) is 0 Å². The Balaban J connectivity index is 2.25. The average molecular weight is 192 g/mol. The molecule has 74 valence electrons. The molecule has 1 aromatic heterocycles. The number of carboxylic acids is 1. The molecule has 1 atom stereocenters. The molecule has 1 aromatic rings. The van der Waals surface area contributed by atoms with Crippen molar-refractivity contribution in [1.29, 1.82) is 0 Å². The highest BCUT2D eigenvalue weighted by molar-refractivity contribution is 5.85. The van der Waals surface area contributed by atoms with Gasteiger partial charge in [0.25, 0.3) is 0 Å². The van der Waals surface area contributed by atoms with Gasteiger partial charge in [-0.1, -0.05) is 6.07 Å². The van der Waals surface area contributed by atoms with Crippen molar-refractivity contribution < 1.29 is 9.90 Å². The minimum absolute atomic E-state index is 0.121. The summed E-state index contributed by atoms with van der Waals surface area (Å²) < 4.78 is 0. The zero-order chi connectivity index (χ0) is 9.97. The zero-order valence-corrected chi connectivity index (χ0v) is 7.73. The van der Waals surface area contributed by atoms with E-state index >= 15 is 0 Å². The molecule has 4 nitrogen and oxygen atoms in total. The van der Waals surface area contributed by atoms with E-state index in [0.717, 1.165) is 25.1 Å². The second-order valence-electron chi connectivity index (χ2n) is 3.40. The summed E-state index contributed by atoms with van der Waals surface area (Å²) in [6.07, 6.45) is 2.17. The monoisotopic (exact) mass is 192 g/mol. The molecule has 0 aliphatic carbocycles. The zero-order valence-electron chi connectivity index (χ0n) is 7.73. The number of carbonyl (C=O) groups is 1. The van der Waals surface area contributed by atoms with E-state index in [0.29, 0.717) is 0 Å². The summed E-state index contributed by atoms with van der Waals surface area (Å²) in [5.41, 5.74) is 0.957. The van der Waals surface area contributed by atoms with E-state index in [1.807, 2.05) is 6.07 Å². The van der Waals surface area contributed by atoms with Crippen LogP contribution in [0.5, 0.6) is 0 Å². The molecule has 1 aliphatic heterocycles. The first-order valence-corrected chi connectivity index (χ1v) is 4.71. The summed E-state index contributed by atoms with van der Waals surface area (Å²) >= 11 is 0. The van der Waals surface area contributed by atoms with Gasteiger partial charge in [-0.2, -0.15) is 0 Å². The topological polar surface area (TPSA) is 62.2 Å². The molecule has 0 bridgehead atoms. The van der Waals surface area contributed by atoms with E-state index in [1.54, 1.807) is 6.07 Å². The molecule has 0 amide bonds. The molecular weight excluding hydrogens is 180 g/mol. The van der Waals surface area contributed by atoms with Crippen molar-refractivity contribution in [3.05, 3.63) is 29.6 Å². The smallest absolute Gasteiger partial charge is 0.354 e. The van der Waals surface area contributed by atoms with Gasteiger partial charge in [-0.25, -0.2) is 9.78 Å². The van der Waals surface area contributed by atoms with Gasteiger partial charge in [0.05, 0.1) is 5.69 Å². The first-order chi connectivity index (χ1) is 6.77. The first-order valence-electron chi connectivity index (χ1n) is 4.71. The van der Waals surface area contributed by atoms with Crippen molar-refractivity contribution in [3.8, 4) is 0 Å². The Hall–Kier alpha value is -1.42. The molecule has 0 radical (unpaired) electrons. The maximum Gasteiger partial charge on any atom is 0.354 e. The van der Waals surface area contributed by atoms with Gasteiger partial charge in [-0.05, 0) is 31.5 Å². The molecule has 2 heterocycles. The normalized spacial score (nSPS) is 21.0. The van der Waals surface area contributed by atoms with Crippen LogP contribution in [0.1, 0.15) is 35.1 Å². The number of hydrogen-bond acceptors (Lipinski definition) is 3. The van der Waals surface area contributed by atoms with Gasteiger partial charge in [0.15, 0.2) is 0 Å². The molecule has 0 aromatic carbocycles. The van der Waals surface area contributed by atoms with Crippen molar-refractivity contribution in [2.45, 2.75) is 18.9 Å². The van der Waals surface area contributed by atoms with Gasteiger partial charge in [-0.15, -0.1) is 0 Å². The highest BCUT2D eigenvalue weighted by Gasteiger charge is 2.18. The van der Waals surface area contributed by atoms with Crippen molar-refractivity contribution in [2.24, 2.45) is 0 Å². The van der Waals surface area contributed by atoms with Crippen LogP contribution >= 0.6 is 0 Å². The number of nitrogens with zero attached hydrogens (tertiary/aromatic N) is 1. The summed E-state index contributed by atoms with van der Waals surface area (Å²) in [6, 6.07) is 5.36. The van der Waals surface area contributed by atoms with Crippen LogP contribution < -0.4 is 5.32 Å². The lowest BCUT2D eigenvalue weighted by atomic mass is 10.1. The van der Waals surface area contributed by atoms with Crippen LogP contribution in [0.3, 0.4) is 0 Å². The average Bonchev–Trinajstić information content (AvgIpc) is 2.71. The van der Waals surface area contributed by atoms with Crippen molar-refractivity contribution in [1.82, 2.24) is 10.3 Å². The molecule has 1 aliphatic rings. The third kappa shape index (κ3) is 1.75. The molecule has 14 heavy (non-hydrogen) atoms.